The van der Waals surface area contributed by atoms with Crippen molar-refractivity contribution in [3.63, 3.8) is 0 Å². The third-order valence-corrected chi connectivity index (χ3v) is 5.58. The molecule has 0 aliphatic heterocycles. The molecule has 1 fully saturated rings. The number of hydrogen-bond acceptors (Lipinski definition) is 3. The van der Waals surface area contributed by atoms with Crippen molar-refractivity contribution in [1.82, 2.24) is 4.98 Å². The molecule has 2 aromatic rings. The number of carbonyl (C=O) groups excluding carboxylic acids is 2. The number of carbonyl (C=O) groups is 2. The summed E-state index contributed by atoms with van der Waals surface area (Å²) in [4.78, 5) is 28.5. The first kappa shape index (κ1) is 14.5. The van der Waals surface area contributed by atoms with E-state index in [-0.39, 0.29) is 17.7 Å². The minimum atomic E-state index is -0.672. The van der Waals surface area contributed by atoms with Crippen molar-refractivity contribution in [3.05, 3.63) is 35.5 Å². The normalized spacial score (nSPS) is 24.8. The van der Waals surface area contributed by atoms with Gasteiger partial charge in [-0.15, -0.1) is 0 Å². The number of H-pyrrole nitrogens is 1. The summed E-state index contributed by atoms with van der Waals surface area (Å²) in [7, 11) is 1.37. The fourth-order valence-corrected chi connectivity index (χ4v) is 4.57. The van der Waals surface area contributed by atoms with Gasteiger partial charge in [-0.2, -0.15) is 0 Å². The molecule has 1 N–H and O–H groups in total. The number of aromatic amines is 1. The molecule has 0 saturated heterocycles. The van der Waals surface area contributed by atoms with Gasteiger partial charge in [-0.3, -0.25) is 9.59 Å². The molecule has 4 nitrogen and oxygen atoms in total. The zero-order valence-corrected chi connectivity index (χ0v) is 13.3. The summed E-state index contributed by atoms with van der Waals surface area (Å²) >= 11 is 0. The number of hydrogen-bond donors (Lipinski definition) is 1. The van der Waals surface area contributed by atoms with Gasteiger partial charge in [-0.05, 0) is 30.4 Å². The lowest BCUT2D eigenvalue weighted by molar-refractivity contribution is -0.144. The maximum Gasteiger partial charge on any atom is 0.317 e. The van der Waals surface area contributed by atoms with Crippen molar-refractivity contribution in [2.75, 3.05) is 7.11 Å². The number of aromatic nitrogens is 1. The average molecular weight is 311 g/mol. The van der Waals surface area contributed by atoms with E-state index in [1.54, 1.807) is 0 Å². The number of methoxy groups -OCH3 is 1. The molecule has 120 valence electrons. The SMILES string of the molecule is COC(=O)[C@@H]1C(=O)c2[nH]c3ccccc3c2[C@H]1C1CCCCC1. The van der Waals surface area contributed by atoms with Crippen LogP contribution < -0.4 is 0 Å². The first-order valence-electron chi connectivity index (χ1n) is 8.45. The summed E-state index contributed by atoms with van der Waals surface area (Å²) in [6, 6.07) is 8.00. The second-order valence-electron chi connectivity index (χ2n) is 6.75. The van der Waals surface area contributed by atoms with E-state index in [4.69, 9.17) is 4.74 Å². The molecule has 2 aliphatic carbocycles. The number of ketones is 1. The van der Waals surface area contributed by atoms with Gasteiger partial charge in [0.25, 0.3) is 0 Å². The van der Waals surface area contributed by atoms with Crippen molar-refractivity contribution in [3.8, 4) is 0 Å². The van der Waals surface area contributed by atoms with E-state index in [0.29, 0.717) is 11.6 Å². The Morgan fingerprint density at radius 1 is 1.17 bits per heavy atom. The minimum absolute atomic E-state index is 0.0404. The number of esters is 1. The van der Waals surface area contributed by atoms with Crippen molar-refractivity contribution in [2.45, 2.75) is 38.0 Å². The van der Waals surface area contributed by atoms with E-state index in [1.165, 1.54) is 26.4 Å². The van der Waals surface area contributed by atoms with Crippen LogP contribution in [0.1, 0.15) is 54.1 Å². The monoisotopic (exact) mass is 311 g/mol. The van der Waals surface area contributed by atoms with E-state index < -0.39 is 5.92 Å². The Morgan fingerprint density at radius 2 is 1.91 bits per heavy atom. The maximum atomic E-state index is 12.9. The Kier molecular flexibility index (Phi) is 3.47. The van der Waals surface area contributed by atoms with Gasteiger partial charge in [-0.25, -0.2) is 0 Å². The number of Topliss-reactive ketones (excluding diaryl/α,β-unsaturated/α-hetero) is 1. The lowest BCUT2D eigenvalue weighted by Crippen LogP contribution is -2.30. The Balaban J connectivity index is 1.88. The molecule has 0 unspecified atom stereocenters. The van der Waals surface area contributed by atoms with Gasteiger partial charge in [-0.1, -0.05) is 37.5 Å². The zero-order chi connectivity index (χ0) is 16.0. The van der Waals surface area contributed by atoms with Gasteiger partial charge in [0.15, 0.2) is 5.78 Å². The second-order valence-corrected chi connectivity index (χ2v) is 6.75. The van der Waals surface area contributed by atoms with Crippen LogP contribution in [-0.4, -0.2) is 23.8 Å². The highest BCUT2D eigenvalue weighted by Gasteiger charge is 2.50. The van der Waals surface area contributed by atoms with Gasteiger partial charge >= 0.3 is 5.97 Å². The molecule has 4 heteroatoms. The summed E-state index contributed by atoms with van der Waals surface area (Å²) in [5.74, 6) is -0.814. The Bertz CT molecular complexity index is 770. The smallest absolute Gasteiger partial charge is 0.317 e. The minimum Gasteiger partial charge on any atom is -0.468 e. The Hall–Kier alpha value is -2.10. The molecule has 0 amide bonds. The third-order valence-electron chi connectivity index (χ3n) is 5.58. The number of para-hydroxylation sites is 1. The average Bonchev–Trinajstić information content (AvgIpc) is 3.10. The van der Waals surface area contributed by atoms with E-state index in [0.717, 1.165) is 29.3 Å². The standard InChI is InChI=1S/C19H21NO3/c1-23-19(22)16-14(11-7-3-2-4-8-11)15-12-9-5-6-10-13(12)20-17(15)18(16)21/h5-6,9-11,14,16,20H,2-4,7-8H2,1H3/t14-,16+/m1/s1. The van der Waals surface area contributed by atoms with Crippen LogP contribution in [0.15, 0.2) is 24.3 Å². The van der Waals surface area contributed by atoms with Crippen LogP contribution >= 0.6 is 0 Å². The number of nitrogens with one attached hydrogen (secondary N) is 1. The second kappa shape index (κ2) is 5.52. The van der Waals surface area contributed by atoms with Gasteiger partial charge < -0.3 is 9.72 Å². The first-order chi connectivity index (χ1) is 11.2. The fraction of sp³-hybridized carbons (Fsp3) is 0.474. The molecule has 1 aromatic carbocycles. The quantitative estimate of drug-likeness (QED) is 0.677. The summed E-state index contributed by atoms with van der Waals surface area (Å²) in [6.45, 7) is 0. The molecule has 0 radical (unpaired) electrons. The molecule has 1 saturated carbocycles. The van der Waals surface area contributed by atoms with Crippen LogP contribution in [0.4, 0.5) is 0 Å². The van der Waals surface area contributed by atoms with Crippen LogP contribution in [-0.2, 0) is 9.53 Å². The lowest BCUT2D eigenvalue weighted by atomic mass is 9.73. The molecule has 0 bridgehead atoms. The summed E-state index contributed by atoms with van der Waals surface area (Å²) < 4.78 is 4.96. The van der Waals surface area contributed by atoms with Crippen LogP contribution in [0, 0.1) is 11.8 Å². The summed E-state index contributed by atoms with van der Waals surface area (Å²) in [6.07, 6.45) is 5.79. The van der Waals surface area contributed by atoms with Crippen LogP contribution in [0.3, 0.4) is 0 Å². The van der Waals surface area contributed by atoms with Crippen LogP contribution in [0.5, 0.6) is 0 Å². The zero-order valence-electron chi connectivity index (χ0n) is 13.3. The molecule has 2 aliphatic rings. The molecular weight excluding hydrogens is 290 g/mol. The first-order valence-corrected chi connectivity index (χ1v) is 8.45. The molecule has 4 rings (SSSR count). The molecule has 1 heterocycles. The maximum absolute atomic E-state index is 12.9. The summed E-state index contributed by atoms with van der Waals surface area (Å²) in [5, 5.41) is 1.08. The van der Waals surface area contributed by atoms with E-state index in [2.05, 4.69) is 4.98 Å². The van der Waals surface area contributed by atoms with Gasteiger partial charge in [0.05, 0.1) is 12.8 Å². The van der Waals surface area contributed by atoms with Gasteiger partial charge in [0.2, 0.25) is 0 Å². The predicted octanol–water partition coefficient (Wildman–Crippen LogP) is 3.82. The molecule has 0 spiro atoms. The van der Waals surface area contributed by atoms with Crippen molar-refractivity contribution < 1.29 is 14.3 Å². The highest BCUT2D eigenvalue weighted by Crippen LogP contribution is 2.50. The van der Waals surface area contributed by atoms with Crippen LogP contribution in [0.25, 0.3) is 10.9 Å². The third kappa shape index (κ3) is 2.12. The van der Waals surface area contributed by atoms with Crippen molar-refractivity contribution in [1.29, 1.82) is 0 Å². The predicted molar refractivity (Wildman–Crippen MR) is 87.5 cm³/mol. The van der Waals surface area contributed by atoms with E-state index in [9.17, 15) is 9.59 Å². The van der Waals surface area contributed by atoms with Crippen LogP contribution in [0.2, 0.25) is 0 Å². The van der Waals surface area contributed by atoms with Gasteiger partial charge in [0, 0.05) is 16.8 Å². The number of benzene rings is 1. The Labute approximate surface area is 135 Å². The lowest BCUT2D eigenvalue weighted by Gasteiger charge is -2.30. The van der Waals surface area contributed by atoms with Crippen molar-refractivity contribution in [2.24, 2.45) is 11.8 Å². The number of rotatable bonds is 2. The largest absolute Gasteiger partial charge is 0.468 e. The number of fused-ring (bicyclic) bond motifs is 3. The fourth-order valence-electron chi connectivity index (χ4n) is 4.57. The molecule has 1 aromatic heterocycles. The topological polar surface area (TPSA) is 59.2 Å². The Morgan fingerprint density at radius 3 is 2.65 bits per heavy atom. The van der Waals surface area contributed by atoms with E-state index in [1.807, 2.05) is 24.3 Å². The van der Waals surface area contributed by atoms with E-state index >= 15 is 0 Å². The highest BCUT2D eigenvalue weighted by molar-refractivity contribution is 6.15. The van der Waals surface area contributed by atoms with Crippen molar-refractivity contribution >= 4 is 22.7 Å². The molecular formula is C19H21NO3. The number of ether oxygens (including phenoxy) is 1. The highest BCUT2D eigenvalue weighted by atomic mass is 16.5. The van der Waals surface area contributed by atoms with Gasteiger partial charge in [0.1, 0.15) is 5.92 Å². The summed E-state index contributed by atoms with van der Waals surface area (Å²) in [5.41, 5.74) is 2.65. The molecule has 23 heavy (non-hydrogen) atoms. The molecule has 2 atom stereocenters.